The number of nitrogens with one attached hydrogen (secondary N) is 1. The van der Waals surface area contributed by atoms with E-state index in [1.54, 1.807) is 0 Å². The van der Waals surface area contributed by atoms with E-state index in [0.717, 1.165) is 31.7 Å². The number of pyridine rings is 1. The molecule has 0 aromatic carbocycles. The summed E-state index contributed by atoms with van der Waals surface area (Å²) in [6.07, 6.45) is 1.47. The Kier molecular flexibility index (Phi) is 4.38. The molecule has 6 heteroatoms. The predicted molar refractivity (Wildman–Crippen MR) is 72.0 cm³/mol. The third-order valence-electron chi connectivity index (χ3n) is 3.63. The zero-order valence-corrected chi connectivity index (χ0v) is 12.2. The molecule has 1 saturated carbocycles. The highest BCUT2D eigenvalue weighted by Gasteiger charge is 2.35. The summed E-state index contributed by atoms with van der Waals surface area (Å²) in [5, 5.41) is 2.93. The van der Waals surface area contributed by atoms with Crippen LogP contribution in [0.25, 0.3) is 0 Å². The first-order valence-electron chi connectivity index (χ1n) is 6.37. The summed E-state index contributed by atoms with van der Waals surface area (Å²) < 4.78 is 39.2. The lowest BCUT2D eigenvalue weighted by atomic mass is 9.99. The Hall–Kier alpha value is -0.780. The highest BCUT2D eigenvalue weighted by molar-refractivity contribution is 9.10. The number of hydrogen-bond donors (Lipinski definition) is 1. The van der Waals surface area contributed by atoms with Gasteiger partial charge in [-0.2, -0.15) is 13.2 Å². The predicted octanol–water partition coefficient (Wildman–Crippen LogP) is 4.85. The fourth-order valence-corrected chi connectivity index (χ4v) is 2.89. The normalized spacial score (nSPS) is 18.6. The van der Waals surface area contributed by atoms with Crippen molar-refractivity contribution in [2.24, 2.45) is 5.92 Å². The summed E-state index contributed by atoms with van der Waals surface area (Å²) >= 11 is 3.03. The molecule has 1 aromatic rings. The minimum Gasteiger partial charge on any atom is -0.367 e. The van der Waals surface area contributed by atoms with Crippen LogP contribution in [0.2, 0.25) is 0 Å². The highest BCUT2D eigenvalue weighted by atomic mass is 79.9. The molecule has 0 amide bonds. The van der Waals surface area contributed by atoms with Crippen LogP contribution in [-0.4, -0.2) is 11.0 Å². The maximum absolute atomic E-state index is 13.0. The zero-order valence-electron chi connectivity index (χ0n) is 10.6. The number of rotatable bonds is 3. The van der Waals surface area contributed by atoms with Crippen LogP contribution in [0.5, 0.6) is 0 Å². The van der Waals surface area contributed by atoms with Crippen molar-refractivity contribution in [1.82, 2.24) is 4.98 Å². The average Bonchev–Trinajstić information content (AvgIpc) is 2.83. The van der Waals surface area contributed by atoms with E-state index in [-0.39, 0.29) is 11.9 Å². The molecule has 0 radical (unpaired) electrons. The second-order valence-electron chi connectivity index (χ2n) is 5.03. The Balaban J connectivity index is 2.19. The minimum absolute atomic E-state index is 0.0114. The van der Waals surface area contributed by atoms with Gasteiger partial charge in [0.05, 0.1) is 5.56 Å². The fourth-order valence-electron chi connectivity index (χ4n) is 2.56. The lowest BCUT2D eigenvalue weighted by Crippen LogP contribution is -2.26. The van der Waals surface area contributed by atoms with Gasteiger partial charge < -0.3 is 5.32 Å². The third kappa shape index (κ3) is 3.61. The van der Waals surface area contributed by atoms with Crippen molar-refractivity contribution < 1.29 is 13.2 Å². The number of hydrogen-bond acceptors (Lipinski definition) is 2. The Morgan fingerprint density at radius 1 is 1.37 bits per heavy atom. The van der Waals surface area contributed by atoms with Crippen molar-refractivity contribution in [3.05, 3.63) is 22.3 Å². The average molecular weight is 337 g/mol. The van der Waals surface area contributed by atoms with Crippen molar-refractivity contribution in [3.8, 4) is 0 Å². The molecule has 2 nitrogen and oxygen atoms in total. The SMILES string of the molecule is CC(Nc1ncc(Br)cc1C(F)(F)F)C1CCCC1. The van der Waals surface area contributed by atoms with Crippen molar-refractivity contribution in [3.63, 3.8) is 0 Å². The Morgan fingerprint density at radius 2 is 2.00 bits per heavy atom. The van der Waals surface area contributed by atoms with Crippen LogP contribution in [-0.2, 0) is 6.18 Å². The van der Waals surface area contributed by atoms with Crippen molar-refractivity contribution >= 4 is 21.7 Å². The number of anilines is 1. The van der Waals surface area contributed by atoms with Crippen LogP contribution in [0.4, 0.5) is 19.0 Å². The van der Waals surface area contributed by atoms with Gasteiger partial charge in [0.25, 0.3) is 0 Å². The van der Waals surface area contributed by atoms with Gasteiger partial charge in [-0.3, -0.25) is 0 Å². The topological polar surface area (TPSA) is 24.9 Å². The molecule has 0 saturated heterocycles. The summed E-state index contributed by atoms with van der Waals surface area (Å²) in [5.74, 6) is 0.363. The molecule has 106 valence electrons. The van der Waals surface area contributed by atoms with Crippen molar-refractivity contribution in [2.75, 3.05) is 5.32 Å². The summed E-state index contributed by atoms with van der Waals surface area (Å²) in [7, 11) is 0. The molecule has 0 bridgehead atoms. The number of halogens is 4. The molecule has 0 aliphatic heterocycles. The third-order valence-corrected chi connectivity index (χ3v) is 4.06. The minimum atomic E-state index is -4.39. The van der Waals surface area contributed by atoms with Gasteiger partial charge in [-0.05, 0) is 47.7 Å². The first-order chi connectivity index (χ1) is 8.88. The monoisotopic (exact) mass is 336 g/mol. The smallest absolute Gasteiger partial charge is 0.367 e. The van der Waals surface area contributed by atoms with Gasteiger partial charge in [0.15, 0.2) is 0 Å². The van der Waals surface area contributed by atoms with Gasteiger partial charge in [0.1, 0.15) is 5.82 Å². The fraction of sp³-hybridized carbons (Fsp3) is 0.615. The van der Waals surface area contributed by atoms with Crippen LogP contribution < -0.4 is 5.32 Å². The van der Waals surface area contributed by atoms with E-state index in [4.69, 9.17) is 0 Å². The molecule has 1 aliphatic rings. The zero-order chi connectivity index (χ0) is 14.0. The van der Waals surface area contributed by atoms with Gasteiger partial charge in [-0.25, -0.2) is 4.98 Å². The summed E-state index contributed by atoms with van der Waals surface area (Å²) in [6.45, 7) is 1.93. The van der Waals surface area contributed by atoms with Crippen molar-refractivity contribution in [2.45, 2.75) is 44.8 Å². The number of aromatic nitrogens is 1. The van der Waals surface area contributed by atoms with Gasteiger partial charge >= 0.3 is 6.18 Å². The lowest BCUT2D eigenvalue weighted by Gasteiger charge is -2.23. The van der Waals surface area contributed by atoms with Crippen LogP contribution in [0.1, 0.15) is 38.2 Å². The van der Waals surface area contributed by atoms with Gasteiger partial charge in [0.2, 0.25) is 0 Å². The van der Waals surface area contributed by atoms with Gasteiger partial charge in [-0.15, -0.1) is 0 Å². The summed E-state index contributed by atoms with van der Waals surface area (Å²) in [6, 6.07) is 1.08. The van der Waals surface area contributed by atoms with E-state index in [0.29, 0.717) is 10.4 Å². The first-order valence-corrected chi connectivity index (χ1v) is 7.16. The van der Waals surface area contributed by atoms with E-state index in [2.05, 4.69) is 26.2 Å². The van der Waals surface area contributed by atoms with E-state index >= 15 is 0 Å². The molecule has 0 spiro atoms. The van der Waals surface area contributed by atoms with Gasteiger partial charge in [-0.1, -0.05) is 12.8 Å². The lowest BCUT2D eigenvalue weighted by molar-refractivity contribution is -0.137. The van der Waals surface area contributed by atoms with E-state index in [9.17, 15) is 13.2 Å². The van der Waals surface area contributed by atoms with Crippen molar-refractivity contribution in [1.29, 1.82) is 0 Å². The Bertz CT molecular complexity index is 442. The maximum atomic E-state index is 13.0. The van der Waals surface area contributed by atoms with Crippen LogP contribution in [0.15, 0.2) is 16.7 Å². The molecule has 1 N–H and O–H groups in total. The van der Waals surface area contributed by atoms with E-state index in [1.165, 1.54) is 6.20 Å². The Labute approximate surface area is 118 Å². The quantitative estimate of drug-likeness (QED) is 0.853. The van der Waals surface area contributed by atoms with Crippen LogP contribution in [0, 0.1) is 5.92 Å². The first kappa shape index (κ1) is 14.6. The molecular formula is C13H16BrF3N2. The van der Waals surface area contributed by atoms with Gasteiger partial charge in [0, 0.05) is 16.7 Å². The molecule has 1 unspecified atom stereocenters. The molecule has 2 rings (SSSR count). The molecule has 1 aromatic heterocycles. The molecule has 19 heavy (non-hydrogen) atoms. The summed E-state index contributed by atoms with van der Waals surface area (Å²) in [4.78, 5) is 3.88. The van der Waals surface area contributed by atoms with Crippen LogP contribution in [0.3, 0.4) is 0 Å². The largest absolute Gasteiger partial charge is 0.419 e. The highest BCUT2D eigenvalue weighted by Crippen LogP contribution is 2.36. The summed E-state index contributed by atoms with van der Waals surface area (Å²) in [5.41, 5.74) is -0.716. The second-order valence-corrected chi connectivity index (χ2v) is 5.94. The molecular weight excluding hydrogens is 321 g/mol. The molecule has 1 heterocycles. The number of alkyl halides is 3. The Morgan fingerprint density at radius 3 is 2.58 bits per heavy atom. The second kappa shape index (κ2) is 5.69. The maximum Gasteiger partial charge on any atom is 0.419 e. The molecule has 1 fully saturated rings. The van der Waals surface area contributed by atoms with Crippen LogP contribution >= 0.6 is 15.9 Å². The molecule has 1 aliphatic carbocycles. The standard InChI is InChI=1S/C13H16BrF3N2/c1-8(9-4-2-3-5-9)19-12-11(13(15,16)17)6-10(14)7-18-12/h6-9H,2-5H2,1H3,(H,18,19). The van der Waals surface area contributed by atoms with E-state index < -0.39 is 11.7 Å². The number of nitrogens with zero attached hydrogens (tertiary/aromatic N) is 1. The molecule has 1 atom stereocenters. The van der Waals surface area contributed by atoms with E-state index in [1.807, 2.05) is 6.92 Å².